The Hall–Kier alpha value is -3.63. The van der Waals surface area contributed by atoms with Crippen LogP contribution in [0.15, 0.2) is 16.9 Å². The molecule has 2 aliphatic heterocycles. The van der Waals surface area contributed by atoms with Crippen molar-refractivity contribution in [3.05, 3.63) is 61.7 Å². The summed E-state index contributed by atoms with van der Waals surface area (Å²) in [5.41, 5.74) is 2.72. The molecule has 2 unspecified atom stereocenters. The van der Waals surface area contributed by atoms with E-state index in [1.807, 2.05) is 7.05 Å². The number of unbranched alkanes of at least 4 members (excludes halogenated alkanes) is 1. The maximum absolute atomic E-state index is 15.0. The Morgan fingerprint density at radius 1 is 1.25 bits per heavy atom. The smallest absolute Gasteiger partial charge is 0.343 e. The number of fused-ring (bicyclic) bond motifs is 5. The normalized spacial score (nSPS) is 20.6. The van der Waals surface area contributed by atoms with E-state index in [0.29, 0.717) is 41.7 Å². The molecule has 40 heavy (non-hydrogen) atoms. The molecule has 3 aliphatic rings. The number of esters is 1. The number of hydrogen-bond acceptors (Lipinski definition) is 7. The molecule has 0 radical (unpaired) electrons. The zero-order chi connectivity index (χ0) is 28.3. The molecule has 1 aliphatic carbocycles. The first-order chi connectivity index (χ1) is 19.2. The number of nitrogens with zero attached hydrogens (tertiary/aromatic N) is 2. The van der Waals surface area contributed by atoms with Crippen molar-refractivity contribution < 1.29 is 23.8 Å². The maximum atomic E-state index is 15.0. The largest absolute Gasteiger partial charge is 0.458 e. The van der Waals surface area contributed by atoms with E-state index in [2.05, 4.69) is 10.6 Å². The number of aromatic nitrogens is 2. The van der Waals surface area contributed by atoms with Gasteiger partial charge in [0.15, 0.2) is 5.60 Å². The van der Waals surface area contributed by atoms with Crippen LogP contribution in [-0.4, -0.2) is 40.1 Å². The lowest BCUT2D eigenvalue weighted by atomic mass is 9.81. The number of nitrogens with one attached hydrogen (secondary N) is 2. The van der Waals surface area contributed by atoms with Crippen LogP contribution < -0.4 is 16.2 Å². The Kier molecular flexibility index (Phi) is 6.50. The summed E-state index contributed by atoms with van der Waals surface area (Å²) in [6.07, 6.45) is 3.30. The molecule has 10 heteroatoms. The molecule has 0 saturated carbocycles. The summed E-state index contributed by atoms with van der Waals surface area (Å²) in [6, 6.07) is 2.76. The van der Waals surface area contributed by atoms with Gasteiger partial charge in [-0.05, 0) is 75.4 Å². The number of benzene rings is 1. The van der Waals surface area contributed by atoms with Gasteiger partial charge in [0.05, 0.1) is 35.1 Å². The fourth-order valence-corrected chi connectivity index (χ4v) is 6.55. The number of pyridine rings is 2. The Morgan fingerprint density at radius 2 is 2.05 bits per heavy atom. The number of halogens is 1. The van der Waals surface area contributed by atoms with Crippen molar-refractivity contribution in [2.75, 3.05) is 13.6 Å². The molecule has 3 aromatic rings. The number of amides is 1. The standard InChI is InChI=1S/C30H33FN4O5/c1-4-30(39)19-11-23-27-17(13-35(23)28(37)18(19)14-40-29(30)38)26-21(33-24(36)7-5-6-10-32-3)9-8-16-15(2)20(31)12-22(34-27)25(16)26/h11-12,21,32,39H,4-10,13-14H2,1-3H3,(H,33,36). The number of rotatable bonds is 7. The van der Waals surface area contributed by atoms with Gasteiger partial charge in [-0.1, -0.05) is 6.92 Å². The van der Waals surface area contributed by atoms with E-state index < -0.39 is 11.6 Å². The van der Waals surface area contributed by atoms with E-state index in [9.17, 15) is 19.5 Å². The van der Waals surface area contributed by atoms with Gasteiger partial charge < -0.3 is 25.0 Å². The van der Waals surface area contributed by atoms with E-state index in [1.165, 1.54) is 6.07 Å². The minimum absolute atomic E-state index is 0.0429. The van der Waals surface area contributed by atoms with Crippen LogP contribution in [0.25, 0.3) is 22.3 Å². The van der Waals surface area contributed by atoms with E-state index >= 15 is 4.39 Å². The molecule has 0 saturated heterocycles. The summed E-state index contributed by atoms with van der Waals surface area (Å²) in [6.45, 7) is 4.27. The van der Waals surface area contributed by atoms with Crippen molar-refractivity contribution in [1.29, 1.82) is 0 Å². The molecule has 210 valence electrons. The zero-order valence-corrected chi connectivity index (χ0v) is 22.9. The Balaban J connectivity index is 1.52. The first-order valence-electron chi connectivity index (χ1n) is 13.9. The van der Waals surface area contributed by atoms with E-state index in [1.54, 1.807) is 24.5 Å². The van der Waals surface area contributed by atoms with Crippen molar-refractivity contribution in [2.24, 2.45) is 0 Å². The van der Waals surface area contributed by atoms with Gasteiger partial charge in [0.1, 0.15) is 12.4 Å². The maximum Gasteiger partial charge on any atom is 0.343 e. The summed E-state index contributed by atoms with van der Waals surface area (Å²) >= 11 is 0. The third-order valence-corrected chi connectivity index (χ3v) is 8.79. The van der Waals surface area contributed by atoms with Crippen LogP contribution in [0.4, 0.5) is 4.39 Å². The molecule has 9 nitrogen and oxygen atoms in total. The minimum atomic E-state index is -1.93. The van der Waals surface area contributed by atoms with E-state index in [-0.39, 0.29) is 54.0 Å². The summed E-state index contributed by atoms with van der Waals surface area (Å²) in [7, 11) is 1.88. The number of carbonyl (C=O) groups is 2. The third-order valence-electron chi connectivity index (χ3n) is 8.79. The number of carbonyl (C=O) groups excluding carboxylic acids is 2. The lowest BCUT2D eigenvalue weighted by Crippen LogP contribution is -2.44. The van der Waals surface area contributed by atoms with Gasteiger partial charge in [0, 0.05) is 29.0 Å². The van der Waals surface area contributed by atoms with E-state index in [4.69, 9.17) is 9.72 Å². The summed E-state index contributed by atoms with van der Waals surface area (Å²) in [4.78, 5) is 44.1. The lowest BCUT2D eigenvalue weighted by Gasteiger charge is -2.31. The predicted octanol–water partition coefficient (Wildman–Crippen LogP) is 3.02. The van der Waals surface area contributed by atoms with Crippen LogP contribution in [0, 0.1) is 12.7 Å². The van der Waals surface area contributed by atoms with Crippen molar-refractivity contribution in [3.63, 3.8) is 0 Å². The molecule has 1 aromatic carbocycles. The van der Waals surface area contributed by atoms with Gasteiger partial charge in [0.2, 0.25) is 5.91 Å². The quantitative estimate of drug-likeness (QED) is 0.240. The van der Waals surface area contributed by atoms with Crippen LogP contribution in [0.2, 0.25) is 0 Å². The predicted molar refractivity (Wildman–Crippen MR) is 146 cm³/mol. The molecule has 3 N–H and O–H groups in total. The highest BCUT2D eigenvalue weighted by Gasteiger charge is 2.46. The Labute approximate surface area is 230 Å². The van der Waals surface area contributed by atoms with Gasteiger partial charge in [-0.2, -0.15) is 0 Å². The first kappa shape index (κ1) is 26.6. The van der Waals surface area contributed by atoms with Crippen LogP contribution in [0.3, 0.4) is 0 Å². The number of aliphatic hydroxyl groups is 1. The first-order valence-corrected chi connectivity index (χ1v) is 13.9. The second-order valence-electron chi connectivity index (χ2n) is 11.0. The second kappa shape index (κ2) is 9.78. The highest BCUT2D eigenvalue weighted by atomic mass is 19.1. The number of ether oxygens (including phenoxy) is 1. The van der Waals surface area contributed by atoms with Gasteiger partial charge in [0.25, 0.3) is 5.56 Å². The highest BCUT2D eigenvalue weighted by molar-refractivity contribution is 5.94. The second-order valence-corrected chi connectivity index (χ2v) is 11.0. The molecule has 0 bridgehead atoms. The van der Waals surface area contributed by atoms with Gasteiger partial charge in [-0.3, -0.25) is 9.59 Å². The van der Waals surface area contributed by atoms with Gasteiger partial charge in [-0.15, -0.1) is 0 Å². The van der Waals surface area contributed by atoms with Crippen molar-refractivity contribution >= 4 is 22.8 Å². The van der Waals surface area contributed by atoms with Crippen molar-refractivity contribution in [2.45, 2.75) is 77.2 Å². The van der Waals surface area contributed by atoms with Crippen molar-refractivity contribution in [3.8, 4) is 11.4 Å². The van der Waals surface area contributed by atoms with Crippen molar-refractivity contribution in [1.82, 2.24) is 20.2 Å². The van der Waals surface area contributed by atoms with E-state index in [0.717, 1.165) is 41.5 Å². The minimum Gasteiger partial charge on any atom is -0.458 e. The topological polar surface area (TPSA) is 123 Å². The van der Waals surface area contributed by atoms with Crippen LogP contribution in [0.5, 0.6) is 0 Å². The summed E-state index contributed by atoms with van der Waals surface area (Å²) in [5, 5.41) is 18.3. The molecule has 0 fully saturated rings. The zero-order valence-electron chi connectivity index (χ0n) is 22.9. The molecule has 6 rings (SSSR count). The number of aryl methyl sites for hydroxylation is 1. The Morgan fingerprint density at radius 3 is 2.80 bits per heavy atom. The average Bonchev–Trinajstić information content (AvgIpc) is 3.31. The molecule has 0 spiro atoms. The van der Waals surface area contributed by atoms with Crippen LogP contribution in [-0.2, 0) is 39.5 Å². The third kappa shape index (κ3) is 3.88. The SMILES string of the molecule is CCC1(O)C(=O)OCc2c1cc1n(c2=O)Cc2c-1nc1cc(F)c(C)c3c1c2C(NC(=O)CCCCNC)CC3. The molecular formula is C30H33FN4O5. The molecule has 2 atom stereocenters. The van der Waals surface area contributed by atoms with Gasteiger partial charge in [-0.25, -0.2) is 14.2 Å². The highest BCUT2D eigenvalue weighted by Crippen LogP contribution is 2.45. The van der Waals surface area contributed by atoms with Crippen LogP contribution in [0.1, 0.15) is 78.5 Å². The fraction of sp³-hybridized carbons (Fsp3) is 0.467. The molecule has 4 heterocycles. The monoisotopic (exact) mass is 548 g/mol. The molecule has 1 amide bonds. The molecular weight excluding hydrogens is 515 g/mol. The lowest BCUT2D eigenvalue weighted by molar-refractivity contribution is -0.172. The fourth-order valence-electron chi connectivity index (χ4n) is 6.55. The number of hydrogen-bond donors (Lipinski definition) is 3. The Bertz CT molecular complexity index is 1650. The summed E-state index contributed by atoms with van der Waals surface area (Å²) in [5.74, 6) is -1.18. The number of cyclic esters (lactones) is 1. The molecule has 2 aromatic heterocycles. The van der Waals surface area contributed by atoms with Gasteiger partial charge >= 0.3 is 5.97 Å². The summed E-state index contributed by atoms with van der Waals surface area (Å²) < 4.78 is 21.8. The van der Waals surface area contributed by atoms with Crippen LogP contribution >= 0.6 is 0 Å². The average molecular weight is 549 g/mol.